The van der Waals surface area contributed by atoms with Crippen LogP contribution in [0.1, 0.15) is 5.56 Å². The molecule has 0 radical (unpaired) electrons. The molecule has 0 aliphatic rings. The van der Waals surface area contributed by atoms with E-state index in [9.17, 15) is 18.0 Å². The van der Waals surface area contributed by atoms with Crippen LogP contribution in [0.4, 0.5) is 13.2 Å². The summed E-state index contributed by atoms with van der Waals surface area (Å²) in [6.07, 6.45) is 0.297. The second kappa shape index (κ2) is 6.82. The molecule has 7 heteroatoms. The fourth-order valence-electron chi connectivity index (χ4n) is 1.59. The van der Waals surface area contributed by atoms with Gasteiger partial charge in [0.15, 0.2) is 0 Å². The Hall–Kier alpha value is -2.20. The number of rotatable bonds is 6. The van der Waals surface area contributed by atoms with Crippen LogP contribution in [0.3, 0.4) is 0 Å². The van der Waals surface area contributed by atoms with Crippen LogP contribution in [0.2, 0.25) is 0 Å². The highest BCUT2D eigenvalue weighted by molar-refractivity contribution is 5.69. The van der Waals surface area contributed by atoms with Gasteiger partial charge in [-0.2, -0.15) is 0 Å². The number of ether oxygens (including phenoxy) is 1. The first kappa shape index (κ1) is 15.9. The molecule has 0 saturated carbocycles. The van der Waals surface area contributed by atoms with Gasteiger partial charge in [-0.05, 0) is 6.07 Å². The van der Waals surface area contributed by atoms with Crippen LogP contribution < -0.4 is 4.74 Å². The second-order valence-corrected chi connectivity index (χ2v) is 3.90. The molecule has 0 unspecified atom stereocenters. The Bertz CT molecular complexity index is 508. The van der Waals surface area contributed by atoms with Gasteiger partial charge in [-0.25, -0.2) is 0 Å². The summed E-state index contributed by atoms with van der Waals surface area (Å²) in [6.45, 7) is -0.417. The topological polar surface area (TPSA) is 49.8 Å². The number of nitrogens with zero attached hydrogens (tertiary/aromatic N) is 1. The summed E-state index contributed by atoms with van der Waals surface area (Å²) < 4.78 is 40.7. The highest BCUT2D eigenvalue weighted by Gasteiger charge is 2.32. The molecule has 108 valence electrons. The van der Waals surface area contributed by atoms with Crippen molar-refractivity contribution < 1.29 is 27.8 Å². The number of benzene rings is 1. The fraction of sp³-hybridized carbons (Fsp3) is 0.308. The van der Waals surface area contributed by atoms with E-state index in [1.165, 1.54) is 23.1 Å². The number of hydrogen-bond acceptors (Lipinski definition) is 3. The Morgan fingerprint density at radius 2 is 2.05 bits per heavy atom. The van der Waals surface area contributed by atoms with Gasteiger partial charge in [0.1, 0.15) is 5.75 Å². The number of aliphatic carboxylic acids is 1. The summed E-state index contributed by atoms with van der Waals surface area (Å²) in [5.41, 5.74) is 0.210. The van der Waals surface area contributed by atoms with Gasteiger partial charge in [0.05, 0.1) is 13.1 Å². The Kier molecular flexibility index (Phi) is 5.41. The number of alkyl halides is 3. The lowest BCUT2D eigenvalue weighted by Gasteiger charge is -2.20. The first-order valence-corrected chi connectivity index (χ1v) is 5.53. The maximum atomic E-state index is 12.3. The molecule has 0 aliphatic heterocycles. The second-order valence-electron chi connectivity index (χ2n) is 3.90. The molecule has 0 amide bonds. The van der Waals surface area contributed by atoms with E-state index in [0.29, 0.717) is 0 Å². The number of carboxylic acids is 1. The van der Waals surface area contributed by atoms with Crippen LogP contribution in [0.15, 0.2) is 24.3 Å². The van der Waals surface area contributed by atoms with E-state index >= 15 is 0 Å². The summed E-state index contributed by atoms with van der Waals surface area (Å²) >= 11 is 0. The minimum absolute atomic E-state index is 0.00660. The average Bonchev–Trinajstić information content (AvgIpc) is 2.29. The monoisotopic (exact) mass is 287 g/mol. The van der Waals surface area contributed by atoms with Gasteiger partial charge in [-0.1, -0.05) is 24.1 Å². The molecule has 0 bridgehead atoms. The maximum Gasteiger partial charge on any atom is 0.573 e. The van der Waals surface area contributed by atoms with Gasteiger partial charge < -0.3 is 9.84 Å². The lowest BCUT2D eigenvalue weighted by atomic mass is 10.2. The van der Waals surface area contributed by atoms with E-state index in [4.69, 9.17) is 11.5 Å². The molecule has 1 N–H and O–H groups in total. The largest absolute Gasteiger partial charge is 0.573 e. The van der Waals surface area contributed by atoms with Gasteiger partial charge in [-0.15, -0.1) is 19.6 Å². The van der Waals surface area contributed by atoms with E-state index in [-0.39, 0.29) is 30.9 Å². The van der Waals surface area contributed by atoms with Crippen molar-refractivity contribution in [3.63, 3.8) is 0 Å². The van der Waals surface area contributed by atoms with E-state index in [2.05, 4.69) is 10.7 Å². The van der Waals surface area contributed by atoms with Crippen LogP contribution in [0, 0.1) is 12.3 Å². The van der Waals surface area contributed by atoms with Crippen molar-refractivity contribution >= 4 is 5.97 Å². The molecule has 0 aromatic heterocycles. The molecule has 20 heavy (non-hydrogen) atoms. The molecule has 0 atom stereocenters. The fourth-order valence-corrected chi connectivity index (χ4v) is 1.59. The van der Waals surface area contributed by atoms with Crippen LogP contribution in [-0.2, 0) is 11.3 Å². The standard InChI is InChI=1S/C13H12F3NO3/c1-2-7-17(9-12(18)19)8-10-5-3-4-6-11(10)20-13(14,15)16/h1,3-6H,7-9H2,(H,18,19). The Morgan fingerprint density at radius 3 is 2.60 bits per heavy atom. The highest BCUT2D eigenvalue weighted by Crippen LogP contribution is 2.27. The average molecular weight is 287 g/mol. The summed E-state index contributed by atoms with van der Waals surface area (Å²) in [5, 5.41) is 8.72. The van der Waals surface area contributed by atoms with Gasteiger partial charge in [0, 0.05) is 12.1 Å². The van der Waals surface area contributed by atoms with Crippen molar-refractivity contribution in [2.75, 3.05) is 13.1 Å². The van der Waals surface area contributed by atoms with Crippen molar-refractivity contribution in [2.24, 2.45) is 0 Å². The van der Waals surface area contributed by atoms with Crippen molar-refractivity contribution in [3.05, 3.63) is 29.8 Å². The van der Waals surface area contributed by atoms with E-state index in [1.807, 2.05) is 0 Å². The molecule has 0 heterocycles. The smallest absolute Gasteiger partial charge is 0.480 e. The molecular weight excluding hydrogens is 275 g/mol. The third-order valence-electron chi connectivity index (χ3n) is 2.27. The lowest BCUT2D eigenvalue weighted by Crippen LogP contribution is -2.30. The van der Waals surface area contributed by atoms with Crippen LogP contribution in [0.5, 0.6) is 5.75 Å². The van der Waals surface area contributed by atoms with Gasteiger partial charge in [0.25, 0.3) is 0 Å². The number of carbonyl (C=O) groups is 1. The summed E-state index contributed by atoms with van der Waals surface area (Å²) in [7, 11) is 0. The molecule has 0 aliphatic carbocycles. The predicted molar refractivity (Wildman–Crippen MR) is 64.9 cm³/mol. The van der Waals surface area contributed by atoms with Crippen molar-refractivity contribution in [3.8, 4) is 18.1 Å². The molecule has 1 aromatic carbocycles. The van der Waals surface area contributed by atoms with Gasteiger partial charge in [-0.3, -0.25) is 9.69 Å². The number of carboxylic acid groups (broad SMARTS) is 1. The summed E-state index contributed by atoms with van der Waals surface area (Å²) in [4.78, 5) is 12.0. The molecular formula is C13H12F3NO3. The van der Waals surface area contributed by atoms with Gasteiger partial charge >= 0.3 is 12.3 Å². The van der Waals surface area contributed by atoms with Crippen molar-refractivity contribution in [1.82, 2.24) is 4.90 Å². The number of terminal acetylenes is 1. The van der Waals surface area contributed by atoms with E-state index < -0.39 is 12.3 Å². The quantitative estimate of drug-likeness (QED) is 0.814. The lowest BCUT2D eigenvalue weighted by molar-refractivity contribution is -0.275. The maximum absolute atomic E-state index is 12.3. The number of para-hydroxylation sites is 1. The normalized spacial score (nSPS) is 11.2. The molecule has 0 fully saturated rings. The Morgan fingerprint density at radius 1 is 1.40 bits per heavy atom. The molecule has 4 nitrogen and oxygen atoms in total. The number of hydrogen-bond donors (Lipinski definition) is 1. The van der Waals surface area contributed by atoms with Crippen molar-refractivity contribution in [1.29, 1.82) is 0 Å². The highest BCUT2D eigenvalue weighted by atomic mass is 19.4. The molecule has 1 aromatic rings. The van der Waals surface area contributed by atoms with E-state index in [0.717, 1.165) is 6.07 Å². The first-order chi connectivity index (χ1) is 9.31. The van der Waals surface area contributed by atoms with E-state index in [1.54, 1.807) is 0 Å². The first-order valence-electron chi connectivity index (χ1n) is 5.53. The zero-order chi connectivity index (χ0) is 15.2. The van der Waals surface area contributed by atoms with Crippen LogP contribution in [-0.4, -0.2) is 35.4 Å². The van der Waals surface area contributed by atoms with Crippen LogP contribution in [0.25, 0.3) is 0 Å². The zero-order valence-corrected chi connectivity index (χ0v) is 10.4. The minimum Gasteiger partial charge on any atom is -0.480 e. The third kappa shape index (κ3) is 5.63. The molecule has 0 spiro atoms. The van der Waals surface area contributed by atoms with Gasteiger partial charge in [0.2, 0.25) is 0 Å². The van der Waals surface area contributed by atoms with Crippen LogP contribution >= 0.6 is 0 Å². The third-order valence-corrected chi connectivity index (χ3v) is 2.27. The SMILES string of the molecule is C#CCN(CC(=O)O)Cc1ccccc1OC(F)(F)F. The summed E-state index contributed by atoms with van der Waals surface area (Å²) in [6, 6.07) is 5.52. The van der Waals surface area contributed by atoms with Crippen molar-refractivity contribution in [2.45, 2.75) is 12.9 Å². The Balaban J connectivity index is 2.89. The summed E-state index contributed by atoms with van der Waals surface area (Å²) in [5.74, 6) is 0.776. The predicted octanol–water partition coefficient (Wildman–Crippen LogP) is 2.10. The zero-order valence-electron chi connectivity index (χ0n) is 10.4. The minimum atomic E-state index is -4.81. The molecule has 1 rings (SSSR count). The number of halogens is 3. The Labute approximate surface area is 113 Å². The molecule has 0 saturated heterocycles.